The highest BCUT2D eigenvalue weighted by Crippen LogP contribution is 2.31. The molecule has 1 saturated heterocycles. The van der Waals surface area contributed by atoms with E-state index in [0.29, 0.717) is 12.1 Å². The summed E-state index contributed by atoms with van der Waals surface area (Å²) < 4.78 is 2.72. The Bertz CT molecular complexity index is 845. The van der Waals surface area contributed by atoms with E-state index in [-0.39, 0.29) is 0 Å². The maximum absolute atomic E-state index is 4.50. The zero-order valence-corrected chi connectivity index (χ0v) is 15.6. The van der Waals surface area contributed by atoms with Gasteiger partial charge in [-0.1, -0.05) is 12.1 Å². The number of benzene rings is 1. The van der Waals surface area contributed by atoms with Crippen molar-refractivity contribution in [2.75, 3.05) is 4.90 Å². The van der Waals surface area contributed by atoms with E-state index in [2.05, 4.69) is 69.0 Å². The first kappa shape index (κ1) is 15.6. The molecule has 0 saturated carbocycles. The van der Waals surface area contributed by atoms with Crippen LogP contribution < -0.4 is 4.90 Å². The summed E-state index contributed by atoms with van der Waals surface area (Å²) >= 11 is 3.46. The van der Waals surface area contributed by atoms with Crippen LogP contribution in [0.25, 0.3) is 16.8 Å². The molecule has 24 heavy (non-hydrogen) atoms. The Morgan fingerprint density at radius 1 is 1.00 bits per heavy atom. The lowest BCUT2D eigenvalue weighted by molar-refractivity contribution is 0.414. The van der Waals surface area contributed by atoms with E-state index >= 15 is 0 Å². The summed E-state index contributed by atoms with van der Waals surface area (Å²) in [5.41, 5.74) is 4.39. The Hall–Kier alpha value is -1.88. The fourth-order valence-electron chi connectivity index (χ4n) is 3.75. The van der Waals surface area contributed by atoms with Crippen LogP contribution in [0.1, 0.15) is 33.1 Å². The first-order valence-corrected chi connectivity index (χ1v) is 9.30. The molecule has 5 heteroatoms. The highest BCUT2D eigenvalue weighted by molar-refractivity contribution is 9.10. The summed E-state index contributed by atoms with van der Waals surface area (Å²) in [6.07, 6.45) is 9.59. The summed E-state index contributed by atoms with van der Waals surface area (Å²) in [5, 5.41) is 4.31. The molecule has 1 aliphatic rings. The van der Waals surface area contributed by atoms with Crippen molar-refractivity contribution in [1.29, 1.82) is 0 Å². The number of halogens is 1. The first-order valence-electron chi connectivity index (χ1n) is 8.51. The quantitative estimate of drug-likeness (QED) is 0.628. The molecule has 0 bridgehead atoms. The van der Waals surface area contributed by atoms with Crippen LogP contribution in [0.2, 0.25) is 0 Å². The van der Waals surface area contributed by atoms with Gasteiger partial charge in [-0.2, -0.15) is 5.10 Å². The van der Waals surface area contributed by atoms with E-state index in [0.717, 1.165) is 21.2 Å². The van der Waals surface area contributed by atoms with Crippen LogP contribution in [-0.4, -0.2) is 26.7 Å². The number of fused-ring (bicyclic) bond motifs is 1. The summed E-state index contributed by atoms with van der Waals surface area (Å²) in [7, 11) is 0. The summed E-state index contributed by atoms with van der Waals surface area (Å²) in [6, 6.07) is 10.1. The third-order valence-corrected chi connectivity index (χ3v) is 5.57. The Kier molecular flexibility index (Phi) is 4.04. The van der Waals surface area contributed by atoms with Crippen LogP contribution in [0.3, 0.4) is 0 Å². The normalized spacial score (nSPS) is 21.4. The third kappa shape index (κ3) is 2.71. The lowest BCUT2D eigenvalue weighted by Crippen LogP contribution is -2.43. The van der Waals surface area contributed by atoms with Gasteiger partial charge in [0.25, 0.3) is 0 Å². The van der Waals surface area contributed by atoms with E-state index in [1.165, 1.54) is 24.9 Å². The van der Waals surface area contributed by atoms with E-state index in [9.17, 15) is 0 Å². The van der Waals surface area contributed by atoms with Gasteiger partial charge in [0.1, 0.15) is 0 Å². The van der Waals surface area contributed by atoms with E-state index in [4.69, 9.17) is 0 Å². The monoisotopic (exact) mass is 384 g/mol. The largest absolute Gasteiger partial charge is 0.366 e. The number of hydrogen-bond acceptors (Lipinski definition) is 3. The molecule has 0 amide bonds. The molecule has 4 nitrogen and oxygen atoms in total. The Balaban J connectivity index is 1.65. The predicted octanol–water partition coefficient (Wildman–Crippen LogP) is 4.93. The predicted molar refractivity (Wildman–Crippen MR) is 101 cm³/mol. The maximum atomic E-state index is 4.50. The van der Waals surface area contributed by atoms with Crippen molar-refractivity contribution in [2.24, 2.45) is 0 Å². The van der Waals surface area contributed by atoms with Crippen molar-refractivity contribution in [2.45, 2.75) is 45.2 Å². The Morgan fingerprint density at radius 3 is 2.42 bits per heavy atom. The number of nitrogens with zero attached hydrogens (tertiary/aromatic N) is 4. The van der Waals surface area contributed by atoms with Crippen molar-refractivity contribution in [3.05, 3.63) is 47.3 Å². The minimum absolute atomic E-state index is 0.610. The molecule has 4 rings (SSSR count). The fourth-order valence-corrected chi connectivity index (χ4v) is 4.13. The van der Waals surface area contributed by atoms with Gasteiger partial charge in [0.2, 0.25) is 0 Å². The SMILES string of the molecule is C[C@@H]1CCC[C@H](C)N1c1ccc(-c2cnc3c(Br)cnn3c2)cc1. The average molecular weight is 385 g/mol. The van der Waals surface area contributed by atoms with Crippen LogP contribution in [0.4, 0.5) is 5.69 Å². The molecule has 2 aromatic heterocycles. The van der Waals surface area contributed by atoms with Gasteiger partial charge < -0.3 is 4.90 Å². The van der Waals surface area contributed by atoms with Gasteiger partial charge in [-0.15, -0.1) is 0 Å². The van der Waals surface area contributed by atoms with Crippen molar-refractivity contribution < 1.29 is 0 Å². The smallest absolute Gasteiger partial charge is 0.169 e. The lowest BCUT2D eigenvalue weighted by atomic mass is 9.96. The molecule has 2 atom stereocenters. The van der Waals surface area contributed by atoms with Crippen molar-refractivity contribution in [3.63, 3.8) is 0 Å². The van der Waals surface area contributed by atoms with Gasteiger partial charge in [0.15, 0.2) is 5.65 Å². The van der Waals surface area contributed by atoms with E-state index in [1.54, 1.807) is 6.20 Å². The molecule has 0 N–H and O–H groups in total. The molecular formula is C19H21BrN4. The van der Waals surface area contributed by atoms with Gasteiger partial charge in [-0.25, -0.2) is 9.50 Å². The lowest BCUT2D eigenvalue weighted by Gasteiger charge is -2.41. The Labute approximate surface area is 150 Å². The van der Waals surface area contributed by atoms with Gasteiger partial charge >= 0.3 is 0 Å². The molecule has 124 valence electrons. The molecule has 1 fully saturated rings. The van der Waals surface area contributed by atoms with Crippen molar-refractivity contribution in [3.8, 4) is 11.1 Å². The standard InChI is InChI=1S/C19H21BrN4/c1-13-4-3-5-14(2)24(13)17-8-6-15(7-9-17)16-10-21-19-18(20)11-22-23(19)12-16/h6-14H,3-5H2,1-2H3/t13-,14+. The third-order valence-electron chi connectivity index (χ3n) is 5.01. The molecule has 3 aromatic rings. The highest BCUT2D eigenvalue weighted by atomic mass is 79.9. The molecule has 0 radical (unpaired) electrons. The second-order valence-corrected chi connectivity index (χ2v) is 7.54. The maximum Gasteiger partial charge on any atom is 0.169 e. The van der Waals surface area contributed by atoms with Gasteiger partial charge in [0, 0.05) is 35.7 Å². The second-order valence-electron chi connectivity index (χ2n) is 6.69. The summed E-state index contributed by atoms with van der Waals surface area (Å²) in [6.45, 7) is 4.66. The number of anilines is 1. The van der Waals surface area contributed by atoms with Crippen LogP contribution in [0.5, 0.6) is 0 Å². The zero-order chi connectivity index (χ0) is 16.7. The zero-order valence-electron chi connectivity index (χ0n) is 14.0. The minimum atomic E-state index is 0.610. The second kappa shape index (κ2) is 6.20. The molecular weight excluding hydrogens is 364 g/mol. The highest BCUT2D eigenvalue weighted by Gasteiger charge is 2.24. The Morgan fingerprint density at radius 2 is 1.71 bits per heavy atom. The number of aromatic nitrogens is 3. The van der Waals surface area contributed by atoms with Crippen LogP contribution in [0.15, 0.2) is 47.3 Å². The minimum Gasteiger partial charge on any atom is -0.366 e. The summed E-state index contributed by atoms with van der Waals surface area (Å²) in [5.74, 6) is 0. The number of piperidine rings is 1. The topological polar surface area (TPSA) is 33.4 Å². The van der Waals surface area contributed by atoms with Crippen LogP contribution in [0, 0.1) is 0 Å². The number of rotatable bonds is 2. The molecule has 0 spiro atoms. The van der Waals surface area contributed by atoms with Gasteiger partial charge in [-0.3, -0.25) is 0 Å². The van der Waals surface area contributed by atoms with Crippen molar-refractivity contribution >= 4 is 27.3 Å². The van der Waals surface area contributed by atoms with Crippen LogP contribution >= 0.6 is 15.9 Å². The van der Waals surface area contributed by atoms with Gasteiger partial charge in [-0.05, 0) is 66.7 Å². The molecule has 0 unspecified atom stereocenters. The fraction of sp³-hybridized carbons (Fsp3) is 0.368. The first-order chi connectivity index (χ1) is 11.6. The molecule has 0 aliphatic carbocycles. The molecule has 1 aromatic carbocycles. The average Bonchev–Trinajstić information content (AvgIpc) is 2.96. The van der Waals surface area contributed by atoms with Crippen molar-refractivity contribution in [1.82, 2.24) is 14.6 Å². The summed E-state index contributed by atoms with van der Waals surface area (Å²) in [4.78, 5) is 7.05. The van der Waals surface area contributed by atoms with Crippen LogP contribution in [-0.2, 0) is 0 Å². The van der Waals surface area contributed by atoms with Gasteiger partial charge in [0.05, 0.1) is 10.7 Å². The number of hydrogen-bond donors (Lipinski definition) is 0. The van der Waals surface area contributed by atoms with E-state index in [1.807, 2.05) is 16.9 Å². The molecule has 3 heterocycles. The molecule has 1 aliphatic heterocycles. The van der Waals surface area contributed by atoms with E-state index < -0.39 is 0 Å².